The number of carbonyl (C=O) groups excluding carboxylic acids is 1. The topological polar surface area (TPSA) is 55.6 Å². The van der Waals surface area contributed by atoms with Gasteiger partial charge in [-0.1, -0.05) is 0 Å². The minimum absolute atomic E-state index is 0.00484. The lowest BCUT2D eigenvalue weighted by molar-refractivity contribution is -0.125. The average molecular weight is 206 g/mol. The second kappa shape index (κ2) is 3.46. The molecule has 1 heterocycles. The van der Waals surface area contributed by atoms with Crippen LogP contribution in [-0.4, -0.2) is 18.6 Å². The second-order valence-corrected chi connectivity index (χ2v) is 3.57. The van der Waals surface area contributed by atoms with Gasteiger partial charge in [-0.25, -0.2) is 0 Å². The summed E-state index contributed by atoms with van der Waals surface area (Å²) in [4.78, 5) is 13.5. The summed E-state index contributed by atoms with van der Waals surface area (Å²) < 4.78 is 5.49. The molecule has 0 saturated carbocycles. The number of nitrogens with zero attached hydrogens (tertiary/aromatic N) is 1. The van der Waals surface area contributed by atoms with Crippen molar-refractivity contribution in [2.45, 2.75) is 20.0 Å². The second-order valence-electron chi connectivity index (χ2n) is 3.57. The van der Waals surface area contributed by atoms with Crippen LogP contribution in [0.2, 0.25) is 0 Å². The molecular formula is C11H14N2O2. The number of nitrogen functional groups attached to an aromatic ring is 1. The van der Waals surface area contributed by atoms with Crippen LogP contribution >= 0.6 is 0 Å². The molecule has 0 saturated heterocycles. The smallest absolute Gasteiger partial charge is 0.267 e. The molecule has 1 unspecified atom stereocenters. The lowest BCUT2D eigenvalue weighted by Gasteiger charge is -2.32. The monoisotopic (exact) mass is 206 g/mol. The number of carbonyl (C=O) groups is 1. The van der Waals surface area contributed by atoms with Crippen molar-refractivity contribution in [3.63, 3.8) is 0 Å². The molecule has 0 radical (unpaired) electrons. The number of benzene rings is 1. The van der Waals surface area contributed by atoms with Gasteiger partial charge in [0.2, 0.25) is 0 Å². The highest BCUT2D eigenvalue weighted by Gasteiger charge is 2.30. The first kappa shape index (κ1) is 9.83. The Morgan fingerprint density at radius 1 is 1.53 bits per heavy atom. The molecule has 4 heteroatoms. The summed E-state index contributed by atoms with van der Waals surface area (Å²) >= 11 is 0. The summed E-state index contributed by atoms with van der Waals surface area (Å²) in [5, 5.41) is 0. The van der Waals surface area contributed by atoms with Crippen LogP contribution < -0.4 is 15.4 Å². The average Bonchev–Trinajstić information content (AvgIpc) is 2.20. The molecule has 0 spiro atoms. The van der Waals surface area contributed by atoms with Gasteiger partial charge in [0.25, 0.3) is 5.91 Å². The van der Waals surface area contributed by atoms with Gasteiger partial charge < -0.3 is 15.4 Å². The number of likely N-dealkylation sites (N-methyl/N-ethyl adjacent to an activating group) is 1. The number of rotatable bonds is 1. The van der Waals surface area contributed by atoms with E-state index in [0.29, 0.717) is 18.0 Å². The summed E-state index contributed by atoms with van der Waals surface area (Å²) in [5.74, 6) is 0.679. The van der Waals surface area contributed by atoms with Crippen LogP contribution in [0, 0.1) is 0 Å². The molecule has 0 fully saturated rings. The van der Waals surface area contributed by atoms with Crippen LogP contribution in [0.4, 0.5) is 11.4 Å². The van der Waals surface area contributed by atoms with Gasteiger partial charge in [0.15, 0.2) is 6.10 Å². The molecular weight excluding hydrogens is 192 g/mol. The van der Waals surface area contributed by atoms with E-state index in [4.69, 9.17) is 10.5 Å². The molecule has 1 atom stereocenters. The molecule has 80 valence electrons. The van der Waals surface area contributed by atoms with E-state index in [1.54, 1.807) is 24.0 Å². The van der Waals surface area contributed by atoms with Gasteiger partial charge >= 0.3 is 0 Å². The first-order chi connectivity index (χ1) is 7.13. The fourth-order valence-corrected chi connectivity index (χ4v) is 1.75. The summed E-state index contributed by atoms with van der Waals surface area (Å²) in [6.45, 7) is 4.33. The maximum atomic E-state index is 11.8. The van der Waals surface area contributed by atoms with E-state index in [9.17, 15) is 4.79 Å². The standard InChI is InChI=1S/C11H14N2O2/c1-3-13-9-5-4-8(12)6-10(9)15-7(2)11(13)14/h4-7H,3,12H2,1-2H3. The zero-order valence-electron chi connectivity index (χ0n) is 8.86. The number of ether oxygens (including phenoxy) is 1. The molecule has 1 aliphatic heterocycles. The van der Waals surface area contributed by atoms with Crippen LogP contribution in [0.5, 0.6) is 5.75 Å². The van der Waals surface area contributed by atoms with Crippen molar-refractivity contribution in [3.05, 3.63) is 18.2 Å². The van der Waals surface area contributed by atoms with E-state index in [2.05, 4.69) is 0 Å². The maximum absolute atomic E-state index is 11.8. The largest absolute Gasteiger partial charge is 0.479 e. The van der Waals surface area contributed by atoms with Gasteiger partial charge in [-0.2, -0.15) is 0 Å². The molecule has 2 N–H and O–H groups in total. The van der Waals surface area contributed by atoms with E-state index >= 15 is 0 Å². The van der Waals surface area contributed by atoms with Crippen molar-refractivity contribution in [2.24, 2.45) is 0 Å². The molecule has 0 bridgehead atoms. The minimum Gasteiger partial charge on any atom is -0.479 e. The number of amides is 1. The molecule has 1 aromatic rings. The van der Waals surface area contributed by atoms with Crippen LogP contribution in [-0.2, 0) is 4.79 Å². The SMILES string of the molecule is CCN1C(=O)C(C)Oc2cc(N)ccc21. The van der Waals surface area contributed by atoms with Crippen molar-refractivity contribution in [1.29, 1.82) is 0 Å². The van der Waals surface area contributed by atoms with Crippen molar-refractivity contribution >= 4 is 17.3 Å². The number of fused-ring (bicyclic) bond motifs is 1. The Kier molecular flexibility index (Phi) is 2.26. The first-order valence-electron chi connectivity index (χ1n) is 5.01. The molecule has 1 amide bonds. The molecule has 2 rings (SSSR count). The summed E-state index contributed by atoms with van der Waals surface area (Å²) in [5.41, 5.74) is 7.11. The minimum atomic E-state index is -0.431. The number of hydrogen-bond acceptors (Lipinski definition) is 3. The predicted molar refractivity (Wildman–Crippen MR) is 59.0 cm³/mol. The highest BCUT2D eigenvalue weighted by atomic mass is 16.5. The van der Waals surface area contributed by atoms with Crippen molar-refractivity contribution in [1.82, 2.24) is 0 Å². The molecule has 0 aromatic heterocycles. The fourth-order valence-electron chi connectivity index (χ4n) is 1.75. The van der Waals surface area contributed by atoms with Gasteiger partial charge in [0.1, 0.15) is 5.75 Å². The molecule has 15 heavy (non-hydrogen) atoms. The van der Waals surface area contributed by atoms with Crippen LogP contribution in [0.25, 0.3) is 0 Å². The Morgan fingerprint density at radius 2 is 2.27 bits per heavy atom. The van der Waals surface area contributed by atoms with Crippen LogP contribution in [0.1, 0.15) is 13.8 Å². The van der Waals surface area contributed by atoms with Crippen LogP contribution in [0.15, 0.2) is 18.2 Å². The van der Waals surface area contributed by atoms with E-state index in [0.717, 1.165) is 5.69 Å². The third-order valence-corrected chi connectivity index (χ3v) is 2.51. The summed E-state index contributed by atoms with van der Waals surface area (Å²) in [7, 11) is 0. The highest BCUT2D eigenvalue weighted by molar-refractivity contribution is 6.00. The van der Waals surface area contributed by atoms with Gasteiger partial charge in [0.05, 0.1) is 5.69 Å². The van der Waals surface area contributed by atoms with Crippen molar-refractivity contribution in [3.8, 4) is 5.75 Å². The predicted octanol–water partition coefficient (Wildman–Crippen LogP) is 1.40. The zero-order valence-corrected chi connectivity index (χ0v) is 8.86. The van der Waals surface area contributed by atoms with E-state index in [1.807, 2.05) is 13.0 Å². The normalized spacial score (nSPS) is 19.7. The van der Waals surface area contributed by atoms with Crippen LogP contribution in [0.3, 0.4) is 0 Å². The third-order valence-electron chi connectivity index (χ3n) is 2.51. The summed E-state index contributed by atoms with van der Waals surface area (Å²) in [6.07, 6.45) is -0.431. The molecule has 1 aliphatic rings. The van der Waals surface area contributed by atoms with E-state index < -0.39 is 6.10 Å². The van der Waals surface area contributed by atoms with Gasteiger partial charge in [-0.3, -0.25) is 4.79 Å². The number of anilines is 2. The fraction of sp³-hybridized carbons (Fsp3) is 0.364. The highest BCUT2D eigenvalue weighted by Crippen LogP contribution is 2.35. The number of nitrogens with two attached hydrogens (primary N) is 1. The first-order valence-corrected chi connectivity index (χ1v) is 5.01. The van der Waals surface area contributed by atoms with Gasteiger partial charge in [-0.05, 0) is 26.0 Å². The Bertz CT molecular complexity index is 404. The maximum Gasteiger partial charge on any atom is 0.267 e. The van der Waals surface area contributed by atoms with Gasteiger partial charge in [-0.15, -0.1) is 0 Å². The Morgan fingerprint density at radius 3 is 2.93 bits per heavy atom. The Balaban J connectivity index is 2.49. The Hall–Kier alpha value is -1.71. The quantitative estimate of drug-likeness (QED) is 0.707. The van der Waals surface area contributed by atoms with E-state index in [-0.39, 0.29) is 5.91 Å². The lowest BCUT2D eigenvalue weighted by atomic mass is 10.2. The Labute approximate surface area is 88.6 Å². The van der Waals surface area contributed by atoms with Crippen molar-refractivity contribution < 1.29 is 9.53 Å². The lowest BCUT2D eigenvalue weighted by Crippen LogP contribution is -2.44. The zero-order chi connectivity index (χ0) is 11.0. The summed E-state index contributed by atoms with van der Waals surface area (Å²) in [6, 6.07) is 5.34. The van der Waals surface area contributed by atoms with Gasteiger partial charge in [0, 0.05) is 18.3 Å². The van der Waals surface area contributed by atoms with Crippen molar-refractivity contribution in [2.75, 3.05) is 17.2 Å². The molecule has 4 nitrogen and oxygen atoms in total. The number of hydrogen-bond donors (Lipinski definition) is 1. The molecule has 1 aromatic carbocycles. The molecule has 0 aliphatic carbocycles. The van der Waals surface area contributed by atoms with E-state index in [1.165, 1.54) is 0 Å². The third kappa shape index (κ3) is 1.52.